The molecule has 5 nitrogen and oxygen atoms in total. The zero-order chi connectivity index (χ0) is 22.2. The molecular weight excluding hydrogens is 414 g/mol. The molecule has 0 saturated carbocycles. The molecule has 0 unspecified atom stereocenters. The first-order valence-corrected chi connectivity index (χ1v) is 11.9. The van der Waals surface area contributed by atoms with Crippen LogP contribution in [0.5, 0.6) is 0 Å². The number of hydrogen-bond acceptors (Lipinski definition) is 4. The average Bonchev–Trinajstić information content (AvgIpc) is 3.28. The molecule has 0 aliphatic rings. The van der Waals surface area contributed by atoms with Gasteiger partial charge in [0.05, 0.1) is 28.6 Å². The fourth-order valence-corrected chi connectivity index (χ4v) is 5.26. The van der Waals surface area contributed by atoms with Crippen LogP contribution in [0.4, 0.5) is 0 Å². The normalized spacial score (nSPS) is 11.5. The predicted molar refractivity (Wildman–Crippen MR) is 134 cm³/mol. The van der Waals surface area contributed by atoms with Crippen LogP contribution < -0.4 is 5.12 Å². The number of para-hydroxylation sites is 4. The van der Waals surface area contributed by atoms with Gasteiger partial charge in [-0.05, 0) is 63.6 Å². The first kappa shape index (κ1) is 20.6. The Hall–Kier alpha value is -3.25. The van der Waals surface area contributed by atoms with Gasteiger partial charge < -0.3 is 0 Å². The minimum Gasteiger partial charge on any atom is -0.232 e. The molecule has 5 aromatic rings. The Balaban J connectivity index is 1.57. The van der Waals surface area contributed by atoms with Crippen molar-refractivity contribution in [2.24, 2.45) is 0 Å². The summed E-state index contributed by atoms with van der Waals surface area (Å²) in [5.74, 6) is 2.85. The highest BCUT2D eigenvalue weighted by molar-refractivity contribution is 7.99. The Morgan fingerprint density at radius 3 is 1.88 bits per heavy atom. The Kier molecular flexibility index (Phi) is 5.39. The minimum absolute atomic E-state index is 0.806. The molecule has 0 fully saturated rings. The summed E-state index contributed by atoms with van der Waals surface area (Å²) < 4.78 is 4.44. The lowest BCUT2D eigenvalue weighted by atomic mass is 10.2. The zero-order valence-corrected chi connectivity index (χ0v) is 19.7. The summed E-state index contributed by atoms with van der Waals surface area (Å²) in [6, 6.07) is 23.3. The number of nitrogens with zero attached hydrogens (tertiary/aromatic N) is 5. The van der Waals surface area contributed by atoms with Crippen LogP contribution in [-0.2, 0) is 0 Å². The fraction of sp³-hybridized carbons (Fsp3) is 0.231. The van der Waals surface area contributed by atoms with Gasteiger partial charge >= 0.3 is 0 Å². The maximum absolute atomic E-state index is 4.82. The monoisotopic (exact) mass is 441 g/mol. The number of aromatic nitrogens is 4. The number of fused-ring (bicyclic) bond motifs is 2. The van der Waals surface area contributed by atoms with Gasteiger partial charge in [0, 0.05) is 10.6 Å². The van der Waals surface area contributed by atoms with E-state index in [1.165, 1.54) is 16.0 Å². The van der Waals surface area contributed by atoms with Crippen LogP contribution in [0, 0.1) is 27.7 Å². The second kappa shape index (κ2) is 8.36. The fourth-order valence-electron chi connectivity index (χ4n) is 4.34. The molecule has 0 bridgehead atoms. The summed E-state index contributed by atoms with van der Waals surface area (Å²) in [7, 11) is 0. The molecule has 3 aromatic carbocycles. The minimum atomic E-state index is 0.806. The molecule has 6 heteroatoms. The molecule has 0 radical (unpaired) electrons. The third-order valence-corrected chi connectivity index (χ3v) is 6.89. The Morgan fingerprint density at radius 2 is 1.31 bits per heavy atom. The van der Waals surface area contributed by atoms with E-state index in [1.807, 2.05) is 23.9 Å². The van der Waals surface area contributed by atoms with Crippen molar-refractivity contribution in [2.45, 2.75) is 32.6 Å². The lowest BCUT2D eigenvalue weighted by Gasteiger charge is -2.29. The molecule has 5 rings (SSSR count). The lowest BCUT2D eigenvalue weighted by Crippen LogP contribution is -2.42. The summed E-state index contributed by atoms with van der Waals surface area (Å²) in [6.07, 6.45) is 0. The van der Waals surface area contributed by atoms with E-state index >= 15 is 0 Å². The van der Waals surface area contributed by atoms with Gasteiger partial charge in [-0.3, -0.25) is 0 Å². The first-order valence-electron chi connectivity index (χ1n) is 10.9. The second-order valence-electron chi connectivity index (χ2n) is 8.13. The highest BCUT2D eigenvalue weighted by Gasteiger charge is 2.20. The average molecular weight is 442 g/mol. The third-order valence-electron chi connectivity index (χ3n) is 5.74. The van der Waals surface area contributed by atoms with E-state index in [0.717, 1.165) is 46.0 Å². The summed E-state index contributed by atoms with van der Waals surface area (Å²) in [4.78, 5) is 11.0. The number of thioether (sulfide) groups is 1. The summed E-state index contributed by atoms with van der Waals surface area (Å²) in [5.41, 5.74) is 6.82. The zero-order valence-electron chi connectivity index (χ0n) is 18.9. The van der Waals surface area contributed by atoms with E-state index in [0.29, 0.717) is 0 Å². The molecule has 32 heavy (non-hydrogen) atoms. The summed E-state index contributed by atoms with van der Waals surface area (Å²) >= 11 is 1.89. The van der Waals surface area contributed by atoms with E-state index in [4.69, 9.17) is 9.97 Å². The van der Waals surface area contributed by atoms with Crippen LogP contribution in [0.3, 0.4) is 0 Å². The van der Waals surface area contributed by atoms with E-state index in [1.54, 1.807) is 0 Å². The lowest BCUT2D eigenvalue weighted by molar-refractivity contribution is 0.529. The van der Waals surface area contributed by atoms with Crippen molar-refractivity contribution in [3.63, 3.8) is 0 Å². The number of imidazole rings is 2. The number of aryl methyl sites for hydroxylation is 4. The highest BCUT2D eigenvalue weighted by atomic mass is 32.2. The Bertz CT molecular complexity index is 1330. The van der Waals surface area contributed by atoms with Gasteiger partial charge in [0.25, 0.3) is 0 Å². The van der Waals surface area contributed by atoms with Crippen LogP contribution in [0.1, 0.15) is 22.8 Å². The van der Waals surface area contributed by atoms with E-state index in [-0.39, 0.29) is 0 Å². The van der Waals surface area contributed by atoms with Crippen molar-refractivity contribution in [1.29, 1.82) is 0 Å². The van der Waals surface area contributed by atoms with Crippen LogP contribution in [-0.4, -0.2) is 31.6 Å². The van der Waals surface area contributed by atoms with Gasteiger partial charge in [0.15, 0.2) is 0 Å². The van der Waals surface area contributed by atoms with Gasteiger partial charge in [0.2, 0.25) is 0 Å². The van der Waals surface area contributed by atoms with Gasteiger partial charge in [-0.2, -0.15) is 0 Å². The molecule has 0 saturated heterocycles. The van der Waals surface area contributed by atoms with Gasteiger partial charge in [-0.25, -0.2) is 24.4 Å². The molecule has 162 valence electrons. The highest BCUT2D eigenvalue weighted by Crippen LogP contribution is 2.25. The van der Waals surface area contributed by atoms with Crippen LogP contribution in [0.25, 0.3) is 22.1 Å². The number of benzene rings is 3. The van der Waals surface area contributed by atoms with E-state index in [2.05, 4.69) is 96.8 Å². The number of hydrogen-bond donors (Lipinski definition) is 0. The van der Waals surface area contributed by atoms with Gasteiger partial charge in [-0.1, -0.05) is 42.0 Å². The second-order valence-corrected chi connectivity index (χ2v) is 9.27. The molecule has 2 heterocycles. The molecule has 0 atom stereocenters. The van der Waals surface area contributed by atoms with Gasteiger partial charge in [-0.15, -0.1) is 11.8 Å². The van der Waals surface area contributed by atoms with Crippen molar-refractivity contribution in [3.05, 3.63) is 89.5 Å². The van der Waals surface area contributed by atoms with Crippen molar-refractivity contribution in [1.82, 2.24) is 19.3 Å². The van der Waals surface area contributed by atoms with Crippen LogP contribution in [0.2, 0.25) is 0 Å². The topological polar surface area (TPSA) is 38.9 Å². The summed E-state index contributed by atoms with van der Waals surface area (Å²) in [6.45, 7) is 9.27. The molecule has 2 aromatic heterocycles. The van der Waals surface area contributed by atoms with Crippen molar-refractivity contribution < 1.29 is 0 Å². The SMILES string of the molecule is Cc1ccc(SCCN(n2c(C)nc3ccccc32)n2c(C)nc3ccccc32)c(C)c1. The van der Waals surface area contributed by atoms with Crippen molar-refractivity contribution in [2.75, 3.05) is 17.4 Å². The van der Waals surface area contributed by atoms with E-state index < -0.39 is 0 Å². The Labute approximate surface area is 192 Å². The van der Waals surface area contributed by atoms with Crippen LogP contribution in [0.15, 0.2) is 71.6 Å². The first-order chi connectivity index (χ1) is 15.5. The predicted octanol–water partition coefficient (Wildman–Crippen LogP) is 5.81. The largest absolute Gasteiger partial charge is 0.232 e. The van der Waals surface area contributed by atoms with Gasteiger partial charge in [0.1, 0.15) is 11.6 Å². The standard InChI is InChI=1S/C26H27N5S/c1-18-13-14-26(19(2)17-18)32-16-15-29(30-20(3)27-22-9-5-7-11-24(22)30)31-21(4)28-23-10-6-8-12-25(23)31/h5-14,17H,15-16H2,1-4H3. The number of rotatable bonds is 6. The third kappa shape index (κ3) is 3.65. The van der Waals surface area contributed by atoms with E-state index in [9.17, 15) is 0 Å². The van der Waals surface area contributed by atoms with Crippen LogP contribution >= 0.6 is 11.8 Å². The quantitative estimate of drug-likeness (QED) is 0.312. The molecule has 0 aliphatic carbocycles. The molecule has 0 aliphatic heterocycles. The maximum atomic E-state index is 4.82. The molecule has 0 N–H and O–H groups in total. The maximum Gasteiger partial charge on any atom is 0.127 e. The summed E-state index contributed by atoms with van der Waals surface area (Å²) in [5, 5.41) is 2.28. The molecule has 0 spiro atoms. The smallest absolute Gasteiger partial charge is 0.127 e. The van der Waals surface area contributed by atoms with Crippen molar-refractivity contribution in [3.8, 4) is 0 Å². The molecular formula is C26H27N5S. The molecule has 0 amide bonds. The Morgan fingerprint density at radius 1 is 0.750 bits per heavy atom. The van der Waals surface area contributed by atoms with Crippen molar-refractivity contribution >= 4 is 33.8 Å².